The van der Waals surface area contributed by atoms with Crippen molar-refractivity contribution in [2.45, 2.75) is 20.4 Å². The Balaban J connectivity index is 1.67. The lowest BCUT2D eigenvalue weighted by Crippen LogP contribution is -2.38. The summed E-state index contributed by atoms with van der Waals surface area (Å²) in [7, 11) is 0. The number of aromatic nitrogens is 1. The molecule has 0 bridgehead atoms. The van der Waals surface area contributed by atoms with Crippen molar-refractivity contribution >= 4 is 28.2 Å². The topological polar surface area (TPSA) is 45.2 Å². The van der Waals surface area contributed by atoms with E-state index in [9.17, 15) is 4.79 Å². The lowest BCUT2D eigenvalue weighted by Gasteiger charge is -2.27. The smallest absolute Gasteiger partial charge is 0.307 e. The summed E-state index contributed by atoms with van der Waals surface area (Å²) in [6.07, 6.45) is 0. The Labute approximate surface area is 144 Å². The third-order valence-corrected chi connectivity index (χ3v) is 5.08. The molecule has 0 atom stereocenters. The van der Waals surface area contributed by atoms with Crippen molar-refractivity contribution in [3.05, 3.63) is 64.5 Å². The third-order valence-electron chi connectivity index (χ3n) is 4.21. The van der Waals surface area contributed by atoms with Crippen LogP contribution in [0.25, 0.3) is 11.3 Å². The summed E-state index contributed by atoms with van der Waals surface area (Å²) in [5.41, 5.74) is 6.43. The van der Waals surface area contributed by atoms with Crippen LogP contribution in [0.2, 0.25) is 0 Å². The number of hydrogen-bond acceptors (Lipinski definition) is 3. The Morgan fingerprint density at radius 3 is 2.83 bits per heavy atom. The quantitative estimate of drug-likeness (QED) is 0.718. The van der Waals surface area contributed by atoms with Crippen LogP contribution in [0, 0.1) is 13.8 Å². The summed E-state index contributed by atoms with van der Waals surface area (Å²) in [5.74, 6) is 0. The summed E-state index contributed by atoms with van der Waals surface area (Å²) in [6, 6.07) is 14.1. The van der Waals surface area contributed by atoms with Crippen molar-refractivity contribution in [3.8, 4) is 11.3 Å². The van der Waals surface area contributed by atoms with Crippen molar-refractivity contribution in [3.63, 3.8) is 0 Å². The minimum Gasteiger partial charge on any atom is -0.307 e. The highest BCUT2D eigenvalue weighted by atomic mass is 32.1. The van der Waals surface area contributed by atoms with Gasteiger partial charge in [0.2, 0.25) is 0 Å². The van der Waals surface area contributed by atoms with Crippen molar-refractivity contribution < 1.29 is 4.79 Å². The third kappa shape index (κ3) is 2.57. The van der Waals surface area contributed by atoms with Gasteiger partial charge in [0.05, 0.1) is 12.2 Å². The van der Waals surface area contributed by atoms with Crippen LogP contribution < -0.4 is 10.2 Å². The number of carbonyl (C=O) groups excluding carboxylic acids is 1. The second kappa shape index (κ2) is 5.76. The monoisotopic (exact) mass is 335 g/mol. The number of benzene rings is 2. The van der Waals surface area contributed by atoms with E-state index in [4.69, 9.17) is 4.98 Å². The maximum absolute atomic E-state index is 12.4. The summed E-state index contributed by atoms with van der Waals surface area (Å²) in [5, 5.41) is 5.66. The van der Waals surface area contributed by atoms with E-state index in [-0.39, 0.29) is 6.03 Å². The molecular formula is C19H17N3OS. The van der Waals surface area contributed by atoms with E-state index in [2.05, 4.69) is 37.4 Å². The number of nitrogens with zero attached hydrogens (tertiary/aromatic N) is 2. The van der Waals surface area contributed by atoms with Gasteiger partial charge in [-0.25, -0.2) is 9.78 Å². The molecule has 4 nitrogen and oxygen atoms in total. The van der Waals surface area contributed by atoms with Gasteiger partial charge in [-0.05, 0) is 31.0 Å². The van der Waals surface area contributed by atoms with Gasteiger partial charge in [-0.2, -0.15) is 0 Å². The predicted molar refractivity (Wildman–Crippen MR) is 98.7 cm³/mol. The zero-order valence-corrected chi connectivity index (χ0v) is 14.4. The van der Waals surface area contributed by atoms with Crippen LogP contribution in [0.5, 0.6) is 0 Å². The van der Waals surface area contributed by atoms with Gasteiger partial charge in [0.1, 0.15) is 0 Å². The van der Waals surface area contributed by atoms with Crippen LogP contribution in [-0.2, 0) is 6.54 Å². The molecule has 1 aliphatic rings. The number of fused-ring (bicyclic) bond motifs is 1. The van der Waals surface area contributed by atoms with E-state index >= 15 is 0 Å². The molecule has 2 heterocycles. The van der Waals surface area contributed by atoms with Crippen LogP contribution >= 0.6 is 11.3 Å². The van der Waals surface area contributed by atoms with Crippen molar-refractivity contribution in [2.75, 3.05) is 10.2 Å². The molecule has 120 valence electrons. The van der Waals surface area contributed by atoms with Crippen LogP contribution in [0.1, 0.15) is 16.7 Å². The number of amides is 2. The summed E-state index contributed by atoms with van der Waals surface area (Å²) in [4.78, 5) is 18.8. The van der Waals surface area contributed by atoms with Gasteiger partial charge in [-0.15, -0.1) is 11.3 Å². The number of aryl methyl sites for hydroxylation is 2. The van der Waals surface area contributed by atoms with Gasteiger partial charge in [0.25, 0.3) is 0 Å². The van der Waals surface area contributed by atoms with Gasteiger partial charge >= 0.3 is 6.03 Å². The zero-order chi connectivity index (χ0) is 16.7. The molecule has 2 amide bonds. The summed E-state index contributed by atoms with van der Waals surface area (Å²) >= 11 is 1.50. The number of thiazole rings is 1. The highest BCUT2D eigenvalue weighted by Gasteiger charge is 2.26. The molecule has 0 spiro atoms. The van der Waals surface area contributed by atoms with Crippen molar-refractivity contribution in [2.24, 2.45) is 0 Å². The first-order valence-electron chi connectivity index (χ1n) is 7.81. The summed E-state index contributed by atoms with van der Waals surface area (Å²) < 4.78 is 0. The first-order valence-corrected chi connectivity index (χ1v) is 8.69. The fraction of sp³-hybridized carbons (Fsp3) is 0.158. The zero-order valence-electron chi connectivity index (χ0n) is 13.5. The number of hydrogen-bond donors (Lipinski definition) is 1. The number of para-hydroxylation sites is 1. The molecule has 2 aromatic carbocycles. The largest absolute Gasteiger partial charge is 0.328 e. The minimum absolute atomic E-state index is 0.129. The molecule has 0 aliphatic carbocycles. The SMILES string of the molecule is Cc1ccc(-c2csc(N3Cc4ccccc4NC3=O)n2)c(C)c1. The molecule has 0 radical (unpaired) electrons. The summed E-state index contributed by atoms with van der Waals surface area (Å²) in [6.45, 7) is 4.71. The Morgan fingerprint density at radius 1 is 1.17 bits per heavy atom. The maximum atomic E-state index is 12.4. The average Bonchev–Trinajstić information content (AvgIpc) is 3.03. The van der Waals surface area contributed by atoms with E-state index in [0.717, 1.165) is 27.6 Å². The number of rotatable bonds is 2. The standard InChI is InChI=1S/C19H17N3OS/c1-12-7-8-15(13(2)9-12)17-11-24-19(21-17)22-10-14-5-3-4-6-16(14)20-18(22)23/h3-9,11H,10H2,1-2H3,(H,20,23). The van der Waals surface area contributed by atoms with Gasteiger partial charge in [-0.3, -0.25) is 4.90 Å². The number of anilines is 2. The number of urea groups is 1. The van der Waals surface area contributed by atoms with Gasteiger partial charge in [-0.1, -0.05) is 42.0 Å². The van der Waals surface area contributed by atoms with Gasteiger partial charge < -0.3 is 5.32 Å². The molecule has 1 aromatic heterocycles. The molecule has 0 saturated carbocycles. The Hall–Kier alpha value is -2.66. The molecular weight excluding hydrogens is 318 g/mol. The lowest BCUT2D eigenvalue weighted by atomic mass is 10.0. The molecule has 0 fully saturated rings. The van der Waals surface area contributed by atoms with E-state index in [1.165, 1.54) is 22.5 Å². The van der Waals surface area contributed by atoms with E-state index < -0.39 is 0 Å². The molecule has 1 aliphatic heterocycles. The normalized spacial score (nSPS) is 13.6. The fourth-order valence-electron chi connectivity index (χ4n) is 2.97. The van der Waals surface area contributed by atoms with Gasteiger partial charge in [0.15, 0.2) is 5.13 Å². The minimum atomic E-state index is -0.129. The molecule has 0 unspecified atom stereocenters. The Kier molecular flexibility index (Phi) is 3.58. The second-order valence-electron chi connectivity index (χ2n) is 6.01. The Bertz CT molecular complexity index is 932. The van der Waals surface area contributed by atoms with Crippen LogP contribution in [-0.4, -0.2) is 11.0 Å². The van der Waals surface area contributed by atoms with Gasteiger partial charge in [0, 0.05) is 16.6 Å². The number of nitrogens with one attached hydrogen (secondary N) is 1. The average molecular weight is 335 g/mol. The van der Waals surface area contributed by atoms with Crippen LogP contribution in [0.3, 0.4) is 0 Å². The fourth-order valence-corrected chi connectivity index (χ4v) is 3.79. The highest BCUT2D eigenvalue weighted by molar-refractivity contribution is 7.14. The second-order valence-corrected chi connectivity index (χ2v) is 6.84. The molecule has 24 heavy (non-hydrogen) atoms. The maximum Gasteiger partial charge on any atom is 0.328 e. The van der Waals surface area contributed by atoms with Crippen molar-refractivity contribution in [1.82, 2.24) is 4.98 Å². The lowest BCUT2D eigenvalue weighted by molar-refractivity contribution is 0.256. The first kappa shape index (κ1) is 14.9. The molecule has 3 aromatic rings. The molecule has 1 N–H and O–H groups in total. The highest BCUT2D eigenvalue weighted by Crippen LogP contribution is 2.33. The van der Waals surface area contributed by atoms with E-state index in [1.54, 1.807) is 4.90 Å². The predicted octanol–water partition coefficient (Wildman–Crippen LogP) is 4.98. The first-order chi connectivity index (χ1) is 11.6. The Morgan fingerprint density at radius 2 is 2.00 bits per heavy atom. The molecule has 5 heteroatoms. The van der Waals surface area contributed by atoms with Crippen LogP contribution in [0.15, 0.2) is 47.8 Å². The van der Waals surface area contributed by atoms with Crippen LogP contribution in [0.4, 0.5) is 15.6 Å². The van der Waals surface area contributed by atoms with Crippen molar-refractivity contribution in [1.29, 1.82) is 0 Å². The number of carbonyl (C=O) groups is 1. The molecule has 0 saturated heterocycles. The molecule has 4 rings (SSSR count). The van der Waals surface area contributed by atoms with E-state index in [1.807, 2.05) is 29.6 Å². The van der Waals surface area contributed by atoms with E-state index in [0.29, 0.717) is 6.54 Å².